The lowest BCUT2D eigenvalue weighted by Crippen LogP contribution is -2.21. The summed E-state index contributed by atoms with van der Waals surface area (Å²) in [4.78, 5) is 23.6. The third-order valence-electron chi connectivity index (χ3n) is 3.20. The second-order valence-corrected chi connectivity index (χ2v) is 6.52. The number of rotatable bonds is 5. The molecule has 0 fully saturated rings. The first kappa shape index (κ1) is 20.3. The molecule has 10 heteroatoms. The van der Waals surface area contributed by atoms with Gasteiger partial charge in [-0.1, -0.05) is 25.9 Å². The Hall–Kier alpha value is -3.04. The lowest BCUT2D eigenvalue weighted by molar-refractivity contribution is -0.274. The molecule has 2 rings (SSSR count). The predicted molar refractivity (Wildman–Crippen MR) is 87.2 cm³/mol. The smallest absolute Gasteiger partial charge is 0.452 e. The highest BCUT2D eigenvalue weighted by atomic mass is 19.4. The predicted octanol–water partition coefficient (Wildman–Crippen LogP) is 3.67. The monoisotopic (exact) mass is 386 g/mol. The molecule has 0 aliphatic carbocycles. The molecule has 0 bridgehead atoms. The van der Waals surface area contributed by atoms with Gasteiger partial charge < -0.3 is 14.0 Å². The molecule has 1 aromatic heterocycles. The van der Waals surface area contributed by atoms with Crippen LogP contribution in [0.2, 0.25) is 0 Å². The highest BCUT2D eigenvalue weighted by Crippen LogP contribution is 2.24. The average Bonchev–Trinajstić information content (AvgIpc) is 3.00. The summed E-state index contributed by atoms with van der Waals surface area (Å²) in [6.07, 6.45) is -4.83. The van der Waals surface area contributed by atoms with Crippen LogP contribution in [0.1, 0.15) is 36.8 Å². The van der Waals surface area contributed by atoms with Crippen molar-refractivity contribution in [3.8, 4) is 5.75 Å². The maximum atomic E-state index is 12.1. The molecule has 1 heterocycles. The Morgan fingerprint density at radius 3 is 2.30 bits per heavy atom. The van der Waals surface area contributed by atoms with Crippen molar-refractivity contribution in [3.63, 3.8) is 0 Å². The van der Waals surface area contributed by atoms with E-state index >= 15 is 0 Å². The maximum absolute atomic E-state index is 12.1. The third-order valence-corrected chi connectivity index (χ3v) is 3.20. The molecule has 0 saturated heterocycles. The Bertz CT molecular complexity index is 807. The topological polar surface area (TPSA) is 90.7 Å². The summed E-state index contributed by atoms with van der Waals surface area (Å²) >= 11 is 0. The van der Waals surface area contributed by atoms with E-state index in [4.69, 9.17) is 9.26 Å². The summed E-state index contributed by atoms with van der Waals surface area (Å²) in [6, 6.07) is 5.67. The number of ether oxygens (including phenoxy) is 2. The zero-order valence-electron chi connectivity index (χ0n) is 14.7. The number of carbonyl (C=O) groups is 2. The summed E-state index contributed by atoms with van der Waals surface area (Å²) in [5.41, 5.74) is 0.337. The van der Waals surface area contributed by atoms with Gasteiger partial charge in [-0.15, -0.1) is 13.2 Å². The molecular formula is C17H17F3N2O5. The van der Waals surface area contributed by atoms with Gasteiger partial charge >= 0.3 is 12.3 Å². The zero-order chi connectivity index (χ0) is 20.2. The van der Waals surface area contributed by atoms with E-state index in [9.17, 15) is 22.8 Å². The highest BCUT2D eigenvalue weighted by Gasteiger charge is 2.31. The standard InChI is InChI=1S/C17H17F3N2O5/c1-16(2,3)12-8-14(27-22-12)21-13(23)9-25-15(24)10-4-6-11(7-5-10)26-17(18,19)20/h4-8H,9H2,1-3H3,(H,21,23). The van der Waals surface area contributed by atoms with Crippen LogP contribution >= 0.6 is 0 Å². The second-order valence-electron chi connectivity index (χ2n) is 6.52. The highest BCUT2D eigenvalue weighted by molar-refractivity contribution is 5.94. The largest absolute Gasteiger partial charge is 0.573 e. The fourth-order valence-corrected chi connectivity index (χ4v) is 1.87. The van der Waals surface area contributed by atoms with E-state index in [-0.39, 0.29) is 16.9 Å². The van der Waals surface area contributed by atoms with Gasteiger partial charge in [-0.25, -0.2) is 4.79 Å². The average molecular weight is 386 g/mol. The summed E-state index contributed by atoms with van der Waals surface area (Å²) in [5, 5.41) is 6.21. The molecule has 2 aromatic rings. The Balaban J connectivity index is 1.86. The van der Waals surface area contributed by atoms with Crippen molar-refractivity contribution in [2.75, 3.05) is 11.9 Å². The van der Waals surface area contributed by atoms with Crippen LogP contribution in [0.25, 0.3) is 0 Å². The lowest BCUT2D eigenvalue weighted by atomic mass is 9.92. The van der Waals surface area contributed by atoms with Crippen LogP contribution in [0.3, 0.4) is 0 Å². The molecule has 0 atom stereocenters. The van der Waals surface area contributed by atoms with Crippen molar-refractivity contribution in [2.45, 2.75) is 32.5 Å². The number of benzene rings is 1. The van der Waals surface area contributed by atoms with Gasteiger partial charge in [-0.2, -0.15) is 0 Å². The quantitative estimate of drug-likeness (QED) is 0.789. The molecule has 0 radical (unpaired) electrons. The molecule has 0 spiro atoms. The van der Waals surface area contributed by atoms with Crippen molar-refractivity contribution in [1.29, 1.82) is 0 Å². The fourth-order valence-electron chi connectivity index (χ4n) is 1.87. The molecular weight excluding hydrogens is 369 g/mol. The number of amides is 1. The van der Waals surface area contributed by atoms with Crippen LogP contribution in [-0.4, -0.2) is 30.0 Å². The Morgan fingerprint density at radius 1 is 1.15 bits per heavy atom. The maximum Gasteiger partial charge on any atom is 0.573 e. The van der Waals surface area contributed by atoms with Gasteiger partial charge in [0.15, 0.2) is 6.61 Å². The normalized spacial score (nSPS) is 11.8. The number of hydrogen-bond acceptors (Lipinski definition) is 6. The molecule has 7 nitrogen and oxygen atoms in total. The van der Waals surface area contributed by atoms with Gasteiger partial charge in [0.2, 0.25) is 5.88 Å². The van der Waals surface area contributed by atoms with Crippen molar-refractivity contribution in [2.24, 2.45) is 0 Å². The second kappa shape index (κ2) is 7.68. The lowest BCUT2D eigenvalue weighted by Gasteiger charge is -2.12. The molecule has 0 unspecified atom stereocenters. The van der Waals surface area contributed by atoms with Crippen molar-refractivity contribution in [1.82, 2.24) is 5.16 Å². The molecule has 146 valence electrons. The van der Waals surface area contributed by atoms with E-state index in [1.807, 2.05) is 20.8 Å². The number of esters is 1. The van der Waals surface area contributed by atoms with Crippen LogP contribution < -0.4 is 10.1 Å². The van der Waals surface area contributed by atoms with E-state index in [0.717, 1.165) is 24.3 Å². The SMILES string of the molecule is CC(C)(C)c1cc(NC(=O)COC(=O)c2ccc(OC(F)(F)F)cc2)on1. The number of alkyl halides is 3. The Morgan fingerprint density at radius 2 is 1.78 bits per heavy atom. The molecule has 1 aromatic carbocycles. The number of nitrogens with one attached hydrogen (secondary N) is 1. The van der Waals surface area contributed by atoms with Gasteiger partial charge in [-0.05, 0) is 24.3 Å². The first-order valence-electron chi connectivity index (χ1n) is 7.74. The van der Waals surface area contributed by atoms with E-state index in [2.05, 4.69) is 15.2 Å². The van der Waals surface area contributed by atoms with Crippen LogP contribution in [0.4, 0.5) is 19.1 Å². The fraction of sp³-hybridized carbons (Fsp3) is 0.353. The first-order chi connectivity index (χ1) is 12.4. The van der Waals surface area contributed by atoms with Gasteiger partial charge in [0.05, 0.1) is 11.3 Å². The minimum absolute atomic E-state index is 0.0352. The summed E-state index contributed by atoms with van der Waals surface area (Å²) < 4.78 is 49.7. The van der Waals surface area contributed by atoms with Gasteiger partial charge in [0.1, 0.15) is 5.75 Å². The molecule has 27 heavy (non-hydrogen) atoms. The minimum Gasteiger partial charge on any atom is -0.452 e. The summed E-state index contributed by atoms with van der Waals surface area (Å²) in [5.74, 6) is -1.90. The van der Waals surface area contributed by atoms with E-state index in [0.29, 0.717) is 5.69 Å². The summed E-state index contributed by atoms with van der Waals surface area (Å²) in [7, 11) is 0. The van der Waals surface area contributed by atoms with Gasteiger partial charge in [0.25, 0.3) is 5.91 Å². The number of halogens is 3. The van der Waals surface area contributed by atoms with E-state index in [1.165, 1.54) is 0 Å². The minimum atomic E-state index is -4.83. The first-order valence-corrected chi connectivity index (χ1v) is 7.74. The van der Waals surface area contributed by atoms with Crippen LogP contribution in [0, 0.1) is 0 Å². The summed E-state index contributed by atoms with van der Waals surface area (Å²) in [6.45, 7) is 5.15. The third kappa shape index (κ3) is 6.32. The number of aromatic nitrogens is 1. The Kier molecular flexibility index (Phi) is 5.77. The number of nitrogens with zero attached hydrogens (tertiary/aromatic N) is 1. The van der Waals surface area contributed by atoms with Crippen molar-refractivity contribution in [3.05, 3.63) is 41.6 Å². The van der Waals surface area contributed by atoms with Crippen LogP contribution in [0.5, 0.6) is 5.75 Å². The van der Waals surface area contributed by atoms with Crippen molar-refractivity contribution < 1.29 is 36.8 Å². The molecule has 1 amide bonds. The van der Waals surface area contributed by atoms with Crippen LogP contribution in [0.15, 0.2) is 34.9 Å². The number of carbonyl (C=O) groups excluding carboxylic acids is 2. The van der Waals surface area contributed by atoms with E-state index < -0.39 is 30.6 Å². The molecule has 0 saturated carbocycles. The Labute approximate surface area is 152 Å². The zero-order valence-corrected chi connectivity index (χ0v) is 14.7. The van der Waals surface area contributed by atoms with Crippen molar-refractivity contribution >= 4 is 17.8 Å². The number of anilines is 1. The van der Waals surface area contributed by atoms with Gasteiger partial charge in [0, 0.05) is 11.5 Å². The molecule has 0 aliphatic heterocycles. The molecule has 1 N–H and O–H groups in total. The van der Waals surface area contributed by atoms with Crippen LogP contribution in [-0.2, 0) is 14.9 Å². The number of hydrogen-bond donors (Lipinski definition) is 1. The molecule has 0 aliphatic rings. The van der Waals surface area contributed by atoms with Gasteiger partial charge in [-0.3, -0.25) is 10.1 Å². The van der Waals surface area contributed by atoms with E-state index in [1.54, 1.807) is 6.07 Å².